The van der Waals surface area contributed by atoms with Gasteiger partial charge in [-0.25, -0.2) is 0 Å². The van der Waals surface area contributed by atoms with Gasteiger partial charge in [0.05, 0.1) is 7.11 Å². The molecule has 0 spiro atoms. The Bertz CT molecular complexity index is 839. The number of carbonyl (C=O) groups is 1. The van der Waals surface area contributed by atoms with E-state index in [2.05, 4.69) is 15.5 Å². The summed E-state index contributed by atoms with van der Waals surface area (Å²) in [7, 11) is 1.60. The number of methoxy groups -OCH3 is 1. The van der Waals surface area contributed by atoms with Gasteiger partial charge in [-0.15, -0.1) is 5.10 Å². The Morgan fingerprint density at radius 1 is 1.08 bits per heavy atom. The number of nitrogens with zero attached hydrogens (tertiary/aromatic N) is 2. The Hall–Kier alpha value is -3.41. The molecule has 0 saturated carbocycles. The summed E-state index contributed by atoms with van der Waals surface area (Å²) in [4.78, 5) is 11.9. The topological polar surface area (TPSA) is 77.2 Å². The third-order valence-electron chi connectivity index (χ3n) is 3.22. The van der Waals surface area contributed by atoms with E-state index in [9.17, 15) is 4.79 Å². The lowest BCUT2D eigenvalue weighted by atomic mass is 10.2. The molecule has 0 aliphatic heterocycles. The summed E-state index contributed by atoms with van der Waals surface area (Å²) in [6, 6.07) is 16.7. The van der Waals surface area contributed by atoms with Crippen molar-refractivity contribution in [2.45, 2.75) is 0 Å². The number of hydrogen-bond acceptors (Lipinski definition) is 5. The van der Waals surface area contributed by atoms with Gasteiger partial charge in [-0.05, 0) is 35.9 Å². The summed E-state index contributed by atoms with van der Waals surface area (Å²) < 4.78 is 10.5. The second kappa shape index (κ2) is 7.23. The van der Waals surface area contributed by atoms with Gasteiger partial charge in [0.15, 0.2) is 0 Å². The molecule has 0 aliphatic carbocycles. The highest BCUT2D eigenvalue weighted by atomic mass is 16.5. The van der Waals surface area contributed by atoms with E-state index in [1.807, 2.05) is 54.6 Å². The van der Waals surface area contributed by atoms with Gasteiger partial charge in [0.1, 0.15) is 5.75 Å². The van der Waals surface area contributed by atoms with E-state index in [-0.39, 0.29) is 11.9 Å². The summed E-state index contributed by atoms with van der Waals surface area (Å²) in [5.41, 5.74) is 1.67. The smallest absolute Gasteiger partial charge is 0.322 e. The Morgan fingerprint density at radius 3 is 2.54 bits per heavy atom. The molecule has 0 radical (unpaired) electrons. The lowest BCUT2D eigenvalue weighted by molar-refractivity contribution is -0.112. The molecule has 0 saturated heterocycles. The summed E-state index contributed by atoms with van der Waals surface area (Å²) in [5, 5.41) is 10.3. The van der Waals surface area contributed by atoms with Crippen LogP contribution in [0, 0.1) is 0 Å². The minimum Gasteiger partial charge on any atom is -0.497 e. The molecule has 6 nitrogen and oxygen atoms in total. The van der Waals surface area contributed by atoms with Crippen molar-refractivity contribution >= 4 is 18.0 Å². The molecule has 0 fully saturated rings. The van der Waals surface area contributed by atoms with Crippen molar-refractivity contribution < 1.29 is 13.9 Å². The van der Waals surface area contributed by atoms with Crippen molar-refractivity contribution in [2.75, 3.05) is 12.4 Å². The number of nitrogens with one attached hydrogen (secondary N) is 1. The van der Waals surface area contributed by atoms with Crippen molar-refractivity contribution in [3.63, 3.8) is 0 Å². The minimum atomic E-state index is -0.353. The lowest BCUT2D eigenvalue weighted by Gasteiger charge is -1.99. The molecular formula is C18H15N3O3. The van der Waals surface area contributed by atoms with Crippen molar-refractivity contribution in [3.8, 4) is 17.2 Å². The van der Waals surface area contributed by atoms with E-state index >= 15 is 0 Å². The van der Waals surface area contributed by atoms with Gasteiger partial charge in [0.25, 0.3) is 5.91 Å². The molecule has 0 unspecified atom stereocenters. The highest BCUT2D eigenvalue weighted by Gasteiger charge is 2.09. The van der Waals surface area contributed by atoms with Crippen LogP contribution >= 0.6 is 0 Å². The number of benzene rings is 2. The van der Waals surface area contributed by atoms with Crippen molar-refractivity contribution in [2.24, 2.45) is 0 Å². The monoisotopic (exact) mass is 321 g/mol. The number of ether oxygens (including phenoxy) is 1. The number of aromatic nitrogens is 2. The fraction of sp³-hybridized carbons (Fsp3) is 0.0556. The predicted octanol–water partition coefficient (Wildman–Crippen LogP) is 3.40. The van der Waals surface area contributed by atoms with Crippen LogP contribution in [0.3, 0.4) is 0 Å². The first-order valence-corrected chi connectivity index (χ1v) is 7.26. The zero-order valence-corrected chi connectivity index (χ0v) is 13.0. The summed E-state index contributed by atoms with van der Waals surface area (Å²) in [6.07, 6.45) is 3.08. The zero-order chi connectivity index (χ0) is 16.8. The van der Waals surface area contributed by atoms with E-state index in [4.69, 9.17) is 9.15 Å². The molecule has 24 heavy (non-hydrogen) atoms. The second-order valence-corrected chi connectivity index (χ2v) is 4.87. The fourth-order valence-corrected chi connectivity index (χ4v) is 2.01. The highest BCUT2D eigenvalue weighted by molar-refractivity contribution is 6.00. The molecular weight excluding hydrogens is 306 g/mol. The van der Waals surface area contributed by atoms with E-state index in [0.29, 0.717) is 5.89 Å². The summed E-state index contributed by atoms with van der Waals surface area (Å²) >= 11 is 0. The fourth-order valence-electron chi connectivity index (χ4n) is 2.01. The van der Waals surface area contributed by atoms with Crippen LogP contribution in [0.1, 0.15) is 5.56 Å². The molecule has 0 atom stereocenters. The molecule has 1 heterocycles. The van der Waals surface area contributed by atoms with Gasteiger partial charge >= 0.3 is 6.01 Å². The minimum absolute atomic E-state index is 0.0539. The highest BCUT2D eigenvalue weighted by Crippen LogP contribution is 2.19. The zero-order valence-electron chi connectivity index (χ0n) is 13.0. The molecule has 3 rings (SSSR count). The molecule has 3 aromatic rings. The first-order chi connectivity index (χ1) is 11.7. The molecule has 0 bridgehead atoms. The molecule has 120 valence electrons. The third kappa shape index (κ3) is 3.86. The van der Waals surface area contributed by atoms with Gasteiger partial charge in [-0.2, -0.15) is 0 Å². The van der Waals surface area contributed by atoms with Gasteiger partial charge in [-0.1, -0.05) is 35.4 Å². The van der Waals surface area contributed by atoms with Crippen LogP contribution in [-0.2, 0) is 4.79 Å². The molecule has 1 N–H and O–H groups in total. The van der Waals surface area contributed by atoms with Crippen LogP contribution in [0.15, 0.2) is 65.1 Å². The standard InChI is InChI=1S/C18H15N3O3/c1-23-15-10-7-13(8-11-15)9-12-16(22)19-18-21-20-17(24-18)14-5-3-2-4-6-14/h2-12H,1H3,(H,19,21,22)/b12-9+. The maximum Gasteiger partial charge on any atom is 0.322 e. The van der Waals surface area contributed by atoms with Crippen LogP contribution in [0.5, 0.6) is 5.75 Å². The van der Waals surface area contributed by atoms with Gasteiger partial charge in [0, 0.05) is 11.6 Å². The average Bonchev–Trinajstić information content (AvgIpc) is 3.09. The number of amides is 1. The van der Waals surface area contributed by atoms with Crippen LogP contribution in [0.25, 0.3) is 17.5 Å². The number of rotatable bonds is 5. The van der Waals surface area contributed by atoms with E-state index < -0.39 is 0 Å². The van der Waals surface area contributed by atoms with E-state index in [1.165, 1.54) is 6.08 Å². The quantitative estimate of drug-likeness (QED) is 0.729. The Kier molecular flexibility index (Phi) is 4.67. The maximum atomic E-state index is 11.9. The number of hydrogen-bond donors (Lipinski definition) is 1. The van der Waals surface area contributed by atoms with Crippen LogP contribution in [0.4, 0.5) is 6.01 Å². The van der Waals surface area contributed by atoms with E-state index in [1.54, 1.807) is 13.2 Å². The van der Waals surface area contributed by atoms with Crippen molar-refractivity contribution in [1.82, 2.24) is 10.2 Å². The summed E-state index contributed by atoms with van der Waals surface area (Å²) in [6.45, 7) is 0. The third-order valence-corrected chi connectivity index (χ3v) is 3.22. The van der Waals surface area contributed by atoms with Crippen LogP contribution < -0.4 is 10.1 Å². The van der Waals surface area contributed by atoms with Crippen LogP contribution in [-0.4, -0.2) is 23.2 Å². The first-order valence-electron chi connectivity index (χ1n) is 7.26. The second-order valence-electron chi connectivity index (χ2n) is 4.87. The molecule has 1 amide bonds. The molecule has 6 heteroatoms. The lowest BCUT2D eigenvalue weighted by Crippen LogP contribution is -2.07. The largest absolute Gasteiger partial charge is 0.497 e. The SMILES string of the molecule is COc1ccc(/C=C/C(=O)Nc2nnc(-c3ccccc3)o2)cc1. The van der Waals surface area contributed by atoms with Gasteiger partial charge < -0.3 is 9.15 Å². The Balaban J connectivity index is 1.62. The Labute approximate surface area is 138 Å². The molecule has 0 aliphatic rings. The molecule has 1 aromatic heterocycles. The van der Waals surface area contributed by atoms with Gasteiger partial charge in [0.2, 0.25) is 5.89 Å². The first kappa shape index (κ1) is 15.5. The van der Waals surface area contributed by atoms with Gasteiger partial charge in [-0.3, -0.25) is 10.1 Å². The normalized spacial score (nSPS) is 10.7. The number of anilines is 1. The maximum absolute atomic E-state index is 11.9. The van der Waals surface area contributed by atoms with Crippen molar-refractivity contribution in [1.29, 1.82) is 0 Å². The summed E-state index contributed by atoms with van der Waals surface area (Å²) in [5.74, 6) is 0.759. The van der Waals surface area contributed by atoms with Crippen molar-refractivity contribution in [3.05, 3.63) is 66.2 Å². The van der Waals surface area contributed by atoms with E-state index in [0.717, 1.165) is 16.9 Å². The Morgan fingerprint density at radius 2 is 1.83 bits per heavy atom. The number of carbonyl (C=O) groups excluding carboxylic acids is 1. The molecule has 2 aromatic carbocycles. The predicted molar refractivity (Wildman–Crippen MR) is 90.4 cm³/mol. The van der Waals surface area contributed by atoms with Crippen LogP contribution in [0.2, 0.25) is 0 Å². The average molecular weight is 321 g/mol.